The number of nitrogens with one attached hydrogen (secondary N) is 1. The predicted octanol–water partition coefficient (Wildman–Crippen LogP) is 1.82. The Bertz CT molecular complexity index is 594. The molecular weight excluding hydrogens is 256 g/mol. The largest absolute Gasteiger partial charge is 0.276 e. The van der Waals surface area contributed by atoms with Gasteiger partial charge in [-0.05, 0) is 32.4 Å². The van der Waals surface area contributed by atoms with Crippen LogP contribution in [0.3, 0.4) is 0 Å². The van der Waals surface area contributed by atoms with Crippen molar-refractivity contribution in [3.05, 3.63) is 32.9 Å². The minimum atomic E-state index is -3.70. The van der Waals surface area contributed by atoms with Crippen LogP contribution in [-0.2, 0) is 10.0 Å². The SMILES string of the molecule is CCNS(=O)(=O)c1c(C)cc(C)c([N+](=O)[O-])c1C. The number of aryl methyl sites for hydroxylation is 2. The van der Waals surface area contributed by atoms with Crippen molar-refractivity contribution in [2.75, 3.05) is 6.54 Å². The molecule has 1 rings (SSSR count). The molecule has 18 heavy (non-hydrogen) atoms. The summed E-state index contributed by atoms with van der Waals surface area (Å²) >= 11 is 0. The molecule has 0 aromatic heterocycles. The van der Waals surface area contributed by atoms with Crippen molar-refractivity contribution in [2.45, 2.75) is 32.6 Å². The van der Waals surface area contributed by atoms with E-state index in [0.29, 0.717) is 11.1 Å². The summed E-state index contributed by atoms with van der Waals surface area (Å²) in [5, 5.41) is 11.0. The van der Waals surface area contributed by atoms with Crippen molar-refractivity contribution >= 4 is 15.7 Å². The van der Waals surface area contributed by atoms with Gasteiger partial charge in [-0.1, -0.05) is 6.92 Å². The fraction of sp³-hybridized carbons (Fsp3) is 0.455. The lowest BCUT2D eigenvalue weighted by Crippen LogP contribution is -2.25. The molecule has 0 aliphatic carbocycles. The zero-order valence-electron chi connectivity index (χ0n) is 10.8. The molecule has 1 N–H and O–H groups in total. The molecule has 0 aliphatic heterocycles. The van der Waals surface area contributed by atoms with Gasteiger partial charge in [0.1, 0.15) is 0 Å². The Morgan fingerprint density at radius 2 is 1.83 bits per heavy atom. The van der Waals surface area contributed by atoms with Crippen LogP contribution < -0.4 is 4.72 Å². The average Bonchev–Trinajstić information content (AvgIpc) is 2.14. The smallest absolute Gasteiger partial charge is 0.258 e. The van der Waals surface area contributed by atoms with Crippen molar-refractivity contribution in [1.29, 1.82) is 0 Å². The van der Waals surface area contributed by atoms with Gasteiger partial charge in [0.25, 0.3) is 5.69 Å². The standard InChI is InChI=1S/C11H16N2O4S/c1-5-12-18(16,17)11-8(3)6-7(2)10(9(11)4)13(14)15/h6,12H,5H2,1-4H3. The van der Waals surface area contributed by atoms with E-state index in [1.807, 2.05) is 0 Å². The van der Waals surface area contributed by atoms with Gasteiger partial charge < -0.3 is 0 Å². The first-order valence-corrected chi connectivity index (χ1v) is 6.95. The minimum absolute atomic E-state index is 0.00153. The molecule has 100 valence electrons. The van der Waals surface area contributed by atoms with Gasteiger partial charge >= 0.3 is 0 Å². The molecule has 1 aromatic carbocycles. The average molecular weight is 272 g/mol. The number of nitro groups is 1. The lowest BCUT2D eigenvalue weighted by molar-refractivity contribution is -0.386. The van der Waals surface area contributed by atoms with E-state index in [0.717, 1.165) is 0 Å². The Labute approximate surface area is 106 Å². The summed E-state index contributed by atoms with van der Waals surface area (Å²) in [6.45, 7) is 6.59. The van der Waals surface area contributed by atoms with Crippen LogP contribution >= 0.6 is 0 Å². The number of hydrogen-bond acceptors (Lipinski definition) is 4. The van der Waals surface area contributed by atoms with Gasteiger partial charge in [-0.3, -0.25) is 10.1 Å². The zero-order valence-corrected chi connectivity index (χ0v) is 11.6. The normalized spacial score (nSPS) is 11.6. The molecule has 0 bridgehead atoms. The second kappa shape index (κ2) is 5.03. The second-order valence-corrected chi connectivity index (χ2v) is 5.78. The van der Waals surface area contributed by atoms with Gasteiger partial charge in [0.05, 0.1) is 9.82 Å². The zero-order chi connectivity index (χ0) is 14.1. The van der Waals surface area contributed by atoms with Gasteiger partial charge in [0.2, 0.25) is 10.0 Å². The maximum Gasteiger partial charge on any atom is 0.276 e. The molecule has 0 saturated heterocycles. The summed E-state index contributed by atoms with van der Waals surface area (Å²) in [6, 6.07) is 1.52. The van der Waals surface area contributed by atoms with Gasteiger partial charge in [-0.25, -0.2) is 13.1 Å². The van der Waals surface area contributed by atoms with E-state index < -0.39 is 14.9 Å². The Morgan fingerprint density at radius 1 is 1.28 bits per heavy atom. The van der Waals surface area contributed by atoms with Gasteiger partial charge in [-0.2, -0.15) is 0 Å². The van der Waals surface area contributed by atoms with Crippen LogP contribution in [0.4, 0.5) is 5.69 Å². The summed E-state index contributed by atoms with van der Waals surface area (Å²) in [5.41, 5.74) is 1.01. The number of nitrogens with zero attached hydrogens (tertiary/aromatic N) is 1. The molecule has 0 saturated carbocycles. The molecule has 1 aromatic rings. The Morgan fingerprint density at radius 3 is 2.28 bits per heavy atom. The van der Waals surface area contributed by atoms with Gasteiger partial charge in [0.15, 0.2) is 0 Å². The van der Waals surface area contributed by atoms with Crippen LogP contribution in [0.2, 0.25) is 0 Å². The van der Waals surface area contributed by atoms with Crippen molar-refractivity contribution in [2.24, 2.45) is 0 Å². The van der Waals surface area contributed by atoms with Crippen LogP contribution in [0.15, 0.2) is 11.0 Å². The third kappa shape index (κ3) is 2.51. The van der Waals surface area contributed by atoms with Crippen LogP contribution in [0.25, 0.3) is 0 Å². The highest BCUT2D eigenvalue weighted by Crippen LogP contribution is 2.31. The molecule has 0 radical (unpaired) electrons. The lowest BCUT2D eigenvalue weighted by atomic mass is 10.1. The molecule has 0 unspecified atom stereocenters. The maximum atomic E-state index is 12.0. The minimum Gasteiger partial charge on any atom is -0.258 e. The lowest BCUT2D eigenvalue weighted by Gasteiger charge is -2.12. The van der Waals surface area contributed by atoms with Gasteiger partial charge in [0, 0.05) is 17.7 Å². The number of sulfonamides is 1. The molecule has 0 fully saturated rings. The summed E-state index contributed by atoms with van der Waals surface area (Å²) in [6.07, 6.45) is 0. The molecule has 0 atom stereocenters. The third-order valence-corrected chi connectivity index (χ3v) is 4.48. The van der Waals surface area contributed by atoms with Crippen molar-refractivity contribution in [3.8, 4) is 0 Å². The number of nitro benzene ring substituents is 1. The summed E-state index contributed by atoms with van der Waals surface area (Å²) in [4.78, 5) is 10.4. The van der Waals surface area contributed by atoms with Crippen LogP contribution in [0, 0.1) is 30.9 Å². The van der Waals surface area contributed by atoms with E-state index in [1.54, 1.807) is 20.8 Å². The van der Waals surface area contributed by atoms with Crippen LogP contribution in [0.5, 0.6) is 0 Å². The first-order chi connectivity index (χ1) is 8.22. The summed E-state index contributed by atoms with van der Waals surface area (Å²) in [7, 11) is -3.70. The van der Waals surface area contributed by atoms with Gasteiger partial charge in [-0.15, -0.1) is 0 Å². The van der Waals surface area contributed by atoms with Crippen molar-refractivity contribution < 1.29 is 13.3 Å². The maximum absolute atomic E-state index is 12.0. The highest BCUT2D eigenvalue weighted by Gasteiger charge is 2.26. The summed E-state index contributed by atoms with van der Waals surface area (Å²) in [5.74, 6) is 0. The second-order valence-electron chi connectivity index (χ2n) is 4.07. The summed E-state index contributed by atoms with van der Waals surface area (Å²) < 4.78 is 26.4. The van der Waals surface area contributed by atoms with Crippen LogP contribution in [-0.4, -0.2) is 19.9 Å². The molecule has 0 aliphatic rings. The Balaban J connectivity index is 3.66. The topological polar surface area (TPSA) is 89.3 Å². The van der Waals surface area contributed by atoms with E-state index in [9.17, 15) is 18.5 Å². The van der Waals surface area contributed by atoms with Crippen molar-refractivity contribution in [1.82, 2.24) is 4.72 Å². The molecule has 0 heterocycles. The number of hydrogen-bond donors (Lipinski definition) is 1. The van der Waals surface area contributed by atoms with E-state index in [1.165, 1.54) is 13.0 Å². The molecule has 0 spiro atoms. The Kier molecular flexibility index (Phi) is 4.08. The highest BCUT2D eigenvalue weighted by molar-refractivity contribution is 7.89. The van der Waals surface area contributed by atoms with E-state index in [-0.39, 0.29) is 22.7 Å². The number of rotatable bonds is 4. The van der Waals surface area contributed by atoms with E-state index >= 15 is 0 Å². The number of benzene rings is 1. The monoisotopic (exact) mass is 272 g/mol. The molecule has 6 nitrogen and oxygen atoms in total. The molecular formula is C11H16N2O4S. The predicted molar refractivity (Wildman–Crippen MR) is 68.2 cm³/mol. The quantitative estimate of drug-likeness (QED) is 0.668. The fourth-order valence-corrected chi connectivity index (χ4v) is 3.62. The van der Waals surface area contributed by atoms with E-state index in [4.69, 9.17) is 0 Å². The fourth-order valence-electron chi connectivity index (χ4n) is 2.11. The van der Waals surface area contributed by atoms with E-state index in [2.05, 4.69) is 4.72 Å². The third-order valence-electron chi connectivity index (χ3n) is 2.65. The molecule has 0 amide bonds. The Hall–Kier alpha value is -1.47. The first kappa shape index (κ1) is 14.6. The first-order valence-electron chi connectivity index (χ1n) is 5.47. The highest BCUT2D eigenvalue weighted by atomic mass is 32.2. The van der Waals surface area contributed by atoms with Crippen molar-refractivity contribution in [3.63, 3.8) is 0 Å². The molecule has 7 heteroatoms. The van der Waals surface area contributed by atoms with Crippen LogP contribution in [0.1, 0.15) is 23.6 Å².